The number of benzene rings is 1. The molecular formula is C11H12Cl2O. The molecule has 0 radical (unpaired) electrons. The molecule has 0 aliphatic heterocycles. The van der Waals surface area contributed by atoms with E-state index in [4.69, 9.17) is 28.3 Å². The molecular weight excluding hydrogens is 219 g/mol. The normalized spacial score (nSPS) is 30.4. The van der Waals surface area contributed by atoms with E-state index >= 15 is 0 Å². The van der Waals surface area contributed by atoms with Gasteiger partial charge in [-0.3, -0.25) is 0 Å². The van der Waals surface area contributed by atoms with E-state index in [1.165, 1.54) is 0 Å². The monoisotopic (exact) mass is 230 g/mol. The second kappa shape index (κ2) is 3.41. The molecule has 0 bridgehead atoms. The lowest BCUT2D eigenvalue weighted by molar-refractivity contribution is 0.265. The first kappa shape index (κ1) is 10.3. The number of halogens is 2. The van der Waals surface area contributed by atoms with Crippen molar-refractivity contribution in [3.63, 3.8) is 0 Å². The van der Waals surface area contributed by atoms with Crippen LogP contribution in [0, 0.1) is 5.92 Å². The highest BCUT2D eigenvalue weighted by Crippen LogP contribution is 2.55. The fourth-order valence-corrected chi connectivity index (χ4v) is 2.49. The van der Waals surface area contributed by atoms with Crippen LogP contribution in [0.15, 0.2) is 18.2 Å². The van der Waals surface area contributed by atoms with E-state index in [1.54, 1.807) is 6.07 Å². The summed E-state index contributed by atoms with van der Waals surface area (Å²) >= 11 is 12.0. The number of hydrogen-bond donors (Lipinski definition) is 1. The molecule has 1 fully saturated rings. The van der Waals surface area contributed by atoms with Gasteiger partial charge in [0, 0.05) is 16.7 Å². The molecule has 0 saturated heterocycles. The largest absolute Gasteiger partial charge is 0.396 e. The quantitative estimate of drug-likeness (QED) is 0.828. The van der Waals surface area contributed by atoms with E-state index < -0.39 is 0 Å². The molecule has 1 N–H and O–H groups in total. The minimum Gasteiger partial charge on any atom is -0.396 e. The summed E-state index contributed by atoms with van der Waals surface area (Å²) in [5.41, 5.74) is 1.09. The fraction of sp³-hybridized carbons (Fsp3) is 0.455. The lowest BCUT2D eigenvalue weighted by Gasteiger charge is -2.13. The van der Waals surface area contributed by atoms with Gasteiger partial charge in [0.1, 0.15) is 0 Å². The van der Waals surface area contributed by atoms with E-state index in [1.807, 2.05) is 12.1 Å². The van der Waals surface area contributed by atoms with Crippen molar-refractivity contribution in [3.05, 3.63) is 33.8 Å². The Hall–Kier alpha value is -0.240. The van der Waals surface area contributed by atoms with Crippen LogP contribution < -0.4 is 0 Å². The molecule has 0 heterocycles. The van der Waals surface area contributed by atoms with Crippen LogP contribution in [0.1, 0.15) is 18.9 Å². The van der Waals surface area contributed by atoms with Gasteiger partial charge in [0.25, 0.3) is 0 Å². The van der Waals surface area contributed by atoms with Crippen molar-refractivity contribution in [3.8, 4) is 0 Å². The summed E-state index contributed by atoms with van der Waals surface area (Å²) in [4.78, 5) is 0. The Morgan fingerprint density at radius 1 is 1.50 bits per heavy atom. The van der Waals surface area contributed by atoms with Gasteiger partial charge in [0.15, 0.2) is 0 Å². The Labute approximate surface area is 93.7 Å². The number of aliphatic hydroxyl groups is 1. The van der Waals surface area contributed by atoms with Crippen LogP contribution >= 0.6 is 23.2 Å². The molecule has 1 aliphatic carbocycles. The predicted octanol–water partition coefficient (Wildman–Crippen LogP) is 3.26. The minimum atomic E-state index is 0.0245. The Morgan fingerprint density at radius 3 is 2.79 bits per heavy atom. The average Bonchev–Trinajstić information content (AvgIpc) is 2.83. The molecule has 14 heavy (non-hydrogen) atoms. The maximum Gasteiger partial charge on any atom is 0.0468 e. The maximum absolute atomic E-state index is 9.09. The van der Waals surface area contributed by atoms with Crippen molar-refractivity contribution < 1.29 is 5.11 Å². The lowest BCUT2D eigenvalue weighted by Crippen LogP contribution is -2.07. The maximum atomic E-state index is 9.09. The Morgan fingerprint density at radius 2 is 2.21 bits per heavy atom. The van der Waals surface area contributed by atoms with Crippen LogP contribution in [0.5, 0.6) is 0 Å². The molecule has 1 saturated carbocycles. The van der Waals surface area contributed by atoms with E-state index in [2.05, 4.69) is 6.92 Å². The van der Waals surface area contributed by atoms with Crippen molar-refractivity contribution >= 4 is 23.2 Å². The number of aliphatic hydroxyl groups excluding tert-OH is 1. The third kappa shape index (κ3) is 1.54. The molecule has 1 aromatic rings. The SMILES string of the molecule is CC1(c2cc(Cl)ccc2Cl)CC1CO. The predicted molar refractivity (Wildman–Crippen MR) is 59.0 cm³/mol. The minimum absolute atomic E-state index is 0.0245. The molecule has 1 aromatic carbocycles. The molecule has 2 rings (SSSR count). The first-order valence-corrected chi connectivity index (χ1v) is 5.40. The van der Waals surface area contributed by atoms with Crippen LogP contribution in [0.3, 0.4) is 0 Å². The second-order valence-electron chi connectivity index (χ2n) is 4.13. The highest BCUT2D eigenvalue weighted by Gasteiger charge is 2.51. The van der Waals surface area contributed by atoms with Crippen molar-refractivity contribution in [2.24, 2.45) is 5.92 Å². The van der Waals surface area contributed by atoms with Crippen molar-refractivity contribution in [1.29, 1.82) is 0 Å². The van der Waals surface area contributed by atoms with E-state index in [9.17, 15) is 0 Å². The molecule has 1 aliphatic rings. The molecule has 3 heteroatoms. The molecule has 2 unspecified atom stereocenters. The second-order valence-corrected chi connectivity index (χ2v) is 4.97. The van der Waals surface area contributed by atoms with Gasteiger partial charge in [-0.15, -0.1) is 0 Å². The van der Waals surface area contributed by atoms with Crippen molar-refractivity contribution in [2.75, 3.05) is 6.61 Å². The van der Waals surface area contributed by atoms with Gasteiger partial charge in [-0.05, 0) is 41.5 Å². The summed E-state index contributed by atoms with van der Waals surface area (Å²) < 4.78 is 0. The average molecular weight is 231 g/mol. The van der Waals surface area contributed by atoms with Gasteiger partial charge in [0.2, 0.25) is 0 Å². The Bertz CT molecular complexity index is 364. The molecule has 0 aromatic heterocycles. The van der Waals surface area contributed by atoms with E-state index in [0.29, 0.717) is 10.9 Å². The topological polar surface area (TPSA) is 20.2 Å². The van der Waals surface area contributed by atoms with Gasteiger partial charge < -0.3 is 5.11 Å². The summed E-state index contributed by atoms with van der Waals surface area (Å²) in [5.74, 6) is 0.332. The smallest absolute Gasteiger partial charge is 0.0468 e. The van der Waals surface area contributed by atoms with Gasteiger partial charge in [0.05, 0.1) is 0 Å². The summed E-state index contributed by atoms with van der Waals surface area (Å²) in [6.07, 6.45) is 0.990. The molecule has 2 atom stereocenters. The van der Waals surface area contributed by atoms with Crippen LogP contribution in [-0.2, 0) is 5.41 Å². The van der Waals surface area contributed by atoms with Gasteiger partial charge in [-0.25, -0.2) is 0 Å². The van der Waals surface area contributed by atoms with Crippen LogP contribution in [-0.4, -0.2) is 11.7 Å². The Kier molecular flexibility index (Phi) is 2.50. The zero-order chi connectivity index (χ0) is 10.3. The van der Waals surface area contributed by atoms with Crippen LogP contribution in [0.4, 0.5) is 0 Å². The summed E-state index contributed by atoms with van der Waals surface area (Å²) in [7, 11) is 0. The van der Waals surface area contributed by atoms with Crippen molar-refractivity contribution in [1.82, 2.24) is 0 Å². The zero-order valence-electron chi connectivity index (χ0n) is 7.93. The van der Waals surface area contributed by atoms with Gasteiger partial charge >= 0.3 is 0 Å². The Balaban J connectivity index is 2.38. The van der Waals surface area contributed by atoms with Crippen LogP contribution in [0.25, 0.3) is 0 Å². The highest BCUT2D eigenvalue weighted by atomic mass is 35.5. The first-order chi connectivity index (χ1) is 6.58. The third-order valence-corrected chi connectivity index (χ3v) is 3.74. The molecule has 0 spiro atoms. The highest BCUT2D eigenvalue weighted by molar-refractivity contribution is 6.33. The third-order valence-electron chi connectivity index (χ3n) is 3.18. The van der Waals surface area contributed by atoms with Crippen LogP contribution in [0.2, 0.25) is 10.0 Å². The molecule has 76 valence electrons. The summed E-state index contributed by atoms with van der Waals surface area (Å²) in [6.45, 7) is 2.34. The fourth-order valence-electron chi connectivity index (χ4n) is 1.98. The summed E-state index contributed by atoms with van der Waals surface area (Å²) in [6, 6.07) is 5.50. The molecule has 1 nitrogen and oxygen atoms in total. The standard InChI is InChI=1S/C11H12Cl2O/c1-11(5-7(11)6-14)9-4-8(12)2-3-10(9)13/h2-4,7,14H,5-6H2,1H3. The van der Waals surface area contributed by atoms with E-state index in [0.717, 1.165) is 17.0 Å². The number of hydrogen-bond acceptors (Lipinski definition) is 1. The molecule has 0 amide bonds. The van der Waals surface area contributed by atoms with Gasteiger partial charge in [-0.2, -0.15) is 0 Å². The number of rotatable bonds is 2. The van der Waals surface area contributed by atoms with E-state index in [-0.39, 0.29) is 12.0 Å². The van der Waals surface area contributed by atoms with Crippen molar-refractivity contribution in [2.45, 2.75) is 18.8 Å². The van der Waals surface area contributed by atoms with Gasteiger partial charge in [-0.1, -0.05) is 30.1 Å². The lowest BCUT2D eigenvalue weighted by atomic mass is 9.95. The first-order valence-electron chi connectivity index (χ1n) is 4.64. The zero-order valence-corrected chi connectivity index (χ0v) is 9.44. The summed E-state index contributed by atoms with van der Waals surface area (Å²) in [5, 5.41) is 10.5.